The Morgan fingerprint density at radius 1 is 1.00 bits per heavy atom. The lowest BCUT2D eigenvalue weighted by Gasteiger charge is -2.41. The van der Waals surface area contributed by atoms with Crippen molar-refractivity contribution in [3.63, 3.8) is 0 Å². The van der Waals surface area contributed by atoms with Crippen molar-refractivity contribution in [1.29, 1.82) is 0 Å². The van der Waals surface area contributed by atoms with E-state index < -0.39 is 16.4 Å². The minimum Gasteiger partial charge on any atom is -0.267 e. The number of hydrogen-bond acceptors (Lipinski definition) is 4. The highest BCUT2D eigenvalue weighted by Gasteiger charge is 2.36. The molecule has 2 aromatic carbocycles. The van der Waals surface area contributed by atoms with Gasteiger partial charge in [-0.2, -0.15) is 0 Å². The molecule has 0 unspecified atom stereocenters. The molecule has 0 radical (unpaired) electrons. The van der Waals surface area contributed by atoms with E-state index in [-0.39, 0.29) is 17.2 Å². The average molecular weight is 369 g/mol. The third kappa shape index (κ3) is 4.31. The smallest absolute Gasteiger partial charge is 0.267 e. The maximum atomic E-state index is 13.3. The first kappa shape index (κ1) is 20.1. The van der Waals surface area contributed by atoms with Gasteiger partial charge in [-0.15, -0.1) is 0 Å². The van der Waals surface area contributed by atoms with Crippen LogP contribution in [0.25, 0.3) is 0 Å². The van der Waals surface area contributed by atoms with Crippen LogP contribution < -0.4 is 0 Å². The molecule has 142 valence electrons. The molecule has 0 saturated heterocycles. The lowest BCUT2D eigenvalue weighted by Crippen LogP contribution is -2.56. The molecule has 0 atom stereocenters. The van der Waals surface area contributed by atoms with Crippen LogP contribution in [0.5, 0.6) is 0 Å². The number of hydrazine groups is 1. The van der Waals surface area contributed by atoms with E-state index in [4.69, 9.17) is 0 Å². The maximum absolute atomic E-state index is 13.3. The predicted octanol–water partition coefficient (Wildman–Crippen LogP) is 3.83. The quantitative estimate of drug-likeness (QED) is 0.608. The Hall–Kier alpha value is -3.22. The summed E-state index contributed by atoms with van der Waals surface area (Å²) in [4.78, 5) is 36.9. The second-order valence-corrected chi connectivity index (χ2v) is 7.26. The molecule has 7 nitrogen and oxygen atoms in total. The molecule has 0 fully saturated rings. The van der Waals surface area contributed by atoms with Crippen molar-refractivity contribution in [2.24, 2.45) is 0 Å². The zero-order valence-electron chi connectivity index (χ0n) is 16.1. The summed E-state index contributed by atoms with van der Waals surface area (Å²) in [7, 11) is 1.49. The summed E-state index contributed by atoms with van der Waals surface area (Å²) in [6.45, 7) is 7.05. The maximum Gasteiger partial charge on any atom is 0.282 e. The summed E-state index contributed by atoms with van der Waals surface area (Å²) in [5.74, 6) is -0.987. The van der Waals surface area contributed by atoms with Gasteiger partial charge < -0.3 is 0 Å². The van der Waals surface area contributed by atoms with E-state index >= 15 is 0 Å². The molecule has 0 N–H and O–H groups in total. The predicted molar refractivity (Wildman–Crippen MR) is 102 cm³/mol. The summed E-state index contributed by atoms with van der Waals surface area (Å²) in [6, 6.07) is 12.9. The lowest BCUT2D eigenvalue weighted by molar-refractivity contribution is -0.385. The number of amides is 2. The number of rotatable bonds is 3. The molecule has 0 heterocycles. The van der Waals surface area contributed by atoms with Gasteiger partial charge in [0.25, 0.3) is 17.5 Å². The van der Waals surface area contributed by atoms with Crippen molar-refractivity contribution < 1.29 is 14.5 Å². The van der Waals surface area contributed by atoms with Gasteiger partial charge in [-0.25, -0.2) is 10.0 Å². The molecule has 0 spiro atoms. The minimum atomic E-state index is -0.784. The fourth-order valence-electron chi connectivity index (χ4n) is 2.84. The van der Waals surface area contributed by atoms with Crippen molar-refractivity contribution in [2.45, 2.75) is 33.2 Å². The molecule has 2 aromatic rings. The summed E-state index contributed by atoms with van der Waals surface area (Å²) in [5, 5.41) is 13.9. The Balaban J connectivity index is 2.52. The average Bonchev–Trinajstić information content (AvgIpc) is 2.60. The Morgan fingerprint density at radius 2 is 1.59 bits per heavy atom. The van der Waals surface area contributed by atoms with E-state index in [9.17, 15) is 19.7 Å². The summed E-state index contributed by atoms with van der Waals surface area (Å²) < 4.78 is 0. The first-order valence-electron chi connectivity index (χ1n) is 8.46. The van der Waals surface area contributed by atoms with Gasteiger partial charge in [-0.3, -0.25) is 19.7 Å². The summed E-state index contributed by atoms with van der Waals surface area (Å²) in [6.07, 6.45) is 0. The molecule has 0 aliphatic heterocycles. The fraction of sp³-hybridized carbons (Fsp3) is 0.300. The topological polar surface area (TPSA) is 83.8 Å². The molecule has 7 heteroatoms. The zero-order valence-corrected chi connectivity index (χ0v) is 16.1. The first-order valence-corrected chi connectivity index (χ1v) is 8.46. The number of aryl methyl sites for hydroxylation is 1. The van der Waals surface area contributed by atoms with E-state index in [1.807, 2.05) is 0 Å². The molecule has 0 saturated carbocycles. The van der Waals surface area contributed by atoms with Crippen LogP contribution in [0.1, 0.15) is 47.1 Å². The van der Waals surface area contributed by atoms with Gasteiger partial charge in [-0.05, 0) is 51.5 Å². The third-order valence-electron chi connectivity index (χ3n) is 4.02. The minimum absolute atomic E-state index is 0.0531. The van der Waals surface area contributed by atoms with Crippen LogP contribution in [0.15, 0.2) is 48.5 Å². The van der Waals surface area contributed by atoms with Crippen LogP contribution in [0.2, 0.25) is 0 Å². The molecule has 0 aliphatic carbocycles. The monoisotopic (exact) mass is 369 g/mol. The van der Waals surface area contributed by atoms with E-state index in [0.717, 1.165) is 5.56 Å². The number of nitro benzene ring substituents is 1. The summed E-state index contributed by atoms with van der Waals surface area (Å²) in [5.41, 5.74) is 0.00661. The molecule has 0 aromatic heterocycles. The van der Waals surface area contributed by atoms with Gasteiger partial charge in [0.15, 0.2) is 0 Å². The van der Waals surface area contributed by atoms with Gasteiger partial charge in [0.2, 0.25) is 0 Å². The van der Waals surface area contributed by atoms with E-state index in [1.54, 1.807) is 64.1 Å². The Kier molecular flexibility index (Phi) is 5.64. The fourth-order valence-corrected chi connectivity index (χ4v) is 2.84. The van der Waals surface area contributed by atoms with Gasteiger partial charge in [0.1, 0.15) is 5.56 Å². The number of nitro groups is 1. The van der Waals surface area contributed by atoms with Crippen molar-refractivity contribution in [2.75, 3.05) is 7.05 Å². The summed E-state index contributed by atoms with van der Waals surface area (Å²) >= 11 is 0. The highest BCUT2D eigenvalue weighted by Crippen LogP contribution is 2.26. The van der Waals surface area contributed by atoms with Crippen molar-refractivity contribution in [3.8, 4) is 0 Å². The largest absolute Gasteiger partial charge is 0.282 e. The van der Waals surface area contributed by atoms with Crippen LogP contribution >= 0.6 is 0 Å². The third-order valence-corrected chi connectivity index (χ3v) is 4.02. The highest BCUT2D eigenvalue weighted by molar-refractivity contribution is 6.01. The Bertz CT molecular complexity index is 873. The highest BCUT2D eigenvalue weighted by atomic mass is 16.6. The van der Waals surface area contributed by atoms with Crippen molar-refractivity contribution in [1.82, 2.24) is 10.0 Å². The van der Waals surface area contributed by atoms with Gasteiger partial charge in [0.05, 0.1) is 10.5 Å². The van der Waals surface area contributed by atoms with Crippen molar-refractivity contribution >= 4 is 17.5 Å². The van der Waals surface area contributed by atoms with E-state index in [2.05, 4.69) is 0 Å². The van der Waals surface area contributed by atoms with Crippen molar-refractivity contribution in [3.05, 3.63) is 75.3 Å². The standard InChI is InChI=1S/C20H23N3O4/c1-14-11-12-17(23(26)27)16(13-14)19(25)22(20(2,3)4)21(5)18(24)15-9-7-6-8-10-15/h6-13H,1-5H3. The van der Waals surface area contributed by atoms with Crippen LogP contribution in [0.4, 0.5) is 5.69 Å². The normalized spacial score (nSPS) is 11.0. The van der Waals surface area contributed by atoms with Gasteiger partial charge in [-0.1, -0.05) is 24.3 Å². The number of carbonyl (C=O) groups excluding carboxylic acids is 2. The second-order valence-electron chi connectivity index (χ2n) is 7.26. The first-order chi connectivity index (χ1) is 12.5. The van der Waals surface area contributed by atoms with Crippen LogP contribution in [0.3, 0.4) is 0 Å². The van der Waals surface area contributed by atoms with Crippen LogP contribution in [0, 0.1) is 17.0 Å². The Labute approximate surface area is 158 Å². The van der Waals surface area contributed by atoms with E-state index in [1.165, 1.54) is 29.2 Å². The van der Waals surface area contributed by atoms with Crippen LogP contribution in [-0.2, 0) is 0 Å². The van der Waals surface area contributed by atoms with Gasteiger partial charge in [0, 0.05) is 18.7 Å². The number of carbonyl (C=O) groups is 2. The molecule has 2 amide bonds. The number of hydrogen-bond donors (Lipinski definition) is 0. The molecule has 0 bridgehead atoms. The Morgan fingerprint density at radius 3 is 2.11 bits per heavy atom. The van der Waals surface area contributed by atoms with Crippen LogP contribution in [-0.4, -0.2) is 39.3 Å². The number of benzene rings is 2. The second kappa shape index (κ2) is 7.57. The molecule has 0 aliphatic rings. The van der Waals surface area contributed by atoms with Gasteiger partial charge >= 0.3 is 0 Å². The molecule has 2 rings (SSSR count). The lowest BCUT2D eigenvalue weighted by atomic mass is 10.0. The molecular formula is C20H23N3O4. The SMILES string of the molecule is Cc1ccc([N+](=O)[O-])c(C(=O)N(N(C)C(=O)c2ccccc2)C(C)(C)C)c1. The zero-order chi connectivity index (χ0) is 20.4. The van der Waals surface area contributed by atoms with E-state index in [0.29, 0.717) is 5.56 Å². The molecule has 27 heavy (non-hydrogen) atoms. The molecular weight excluding hydrogens is 346 g/mol. The number of nitrogens with zero attached hydrogens (tertiary/aromatic N) is 3.